The first-order valence-corrected chi connectivity index (χ1v) is 8.25. The Labute approximate surface area is 133 Å². The minimum Gasteiger partial charge on any atom is -0.330 e. The van der Waals surface area contributed by atoms with Crippen molar-refractivity contribution in [1.82, 2.24) is 9.38 Å². The third-order valence-electron chi connectivity index (χ3n) is 3.69. The Morgan fingerprint density at radius 1 is 1.23 bits per heavy atom. The minimum absolute atomic E-state index is 0.0314. The van der Waals surface area contributed by atoms with Crippen molar-refractivity contribution in [2.45, 2.75) is 32.6 Å². The van der Waals surface area contributed by atoms with Crippen LogP contribution in [0.3, 0.4) is 0 Å². The third kappa shape index (κ3) is 2.55. The lowest BCUT2D eigenvalue weighted by Gasteiger charge is -2.18. The average molecular weight is 317 g/mol. The summed E-state index contributed by atoms with van der Waals surface area (Å²) in [5.41, 5.74) is 10.1. The number of aromatic nitrogens is 2. The Bertz CT molecular complexity index is 794. The summed E-state index contributed by atoms with van der Waals surface area (Å²) in [6, 6.07) is 6.59. The second-order valence-electron chi connectivity index (χ2n) is 6.44. The molecule has 22 heavy (non-hydrogen) atoms. The number of halogens is 1. The highest BCUT2D eigenvalue weighted by molar-refractivity contribution is 7.15. The van der Waals surface area contributed by atoms with Crippen LogP contribution in [0.4, 0.5) is 4.39 Å². The normalized spacial score (nSPS) is 12.2. The van der Waals surface area contributed by atoms with E-state index < -0.39 is 0 Å². The van der Waals surface area contributed by atoms with Crippen molar-refractivity contribution in [3.05, 3.63) is 46.9 Å². The first kappa shape index (κ1) is 15.2. The molecule has 3 nitrogen and oxygen atoms in total. The van der Waals surface area contributed by atoms with Crippen LogP contribution in [0.2, 0.25) is 0 Å². The van der Waals surface area contributed by atoms with Gasteiger partial charge in [0.2, 0.25) is 0 Å². The van der Waals surface area contributed by atoms with Gasteiger partial charge in [0.15, 0.2) is 4.96 Å². The van der Waals surface area contributed by atoms with Crippen LogP contribution in [0.25, 0.3) is 16.2 Å². The molecule has 1 aromatic carbocycles. The fourth-order valence-corrected chi connectivity index (χ4v) is 3.62. The summed E-state index contributed by atoms with van der Waals surface area (Å²) in [6.07, 6.45) is 0.776. The van der Waals surface area contributed by atoms with Crippen LogP contribution in [0.1, 0.15) is 32.2 Å². The molecule has 0 saturated carbocycles. The van der Waals surface area contributed by atoms with Crippen LogP contribution in [0.5, 0.6) is 0 Å². The van der Waals surface area contributed by atoms with Crippen LogP contribution >= 0.6 is 11.3 Å². The molecule has 116 valence electrons. The molecule has 0 unspecified atom stereocenters. The zero-order valence-corrected chi connectivity index (χ0v) is 13.9. The fourth-order valence-electron chi connectivity index (χ4n) is 2.71. The molecular weight excluding hydrogens is 297 g/mol. The minimum atomic E-state index is -0.224. The maximum Gasteiger partial charge on any atom is 0.194 e. The number of hydrogen-bond donors (Lipinski definition) is 1. The van der Waals surface area contributed by atoms with Gasteiger partial charge in [-0.05, 0) is 36.4 Å². The molecule has 0 radical (unpaired) electrons. The smallest absolute Gasteiger partial charge is 0.194 e. The van der Waals surface area contributed by atoms with Crippen LogP contribution in [-0.2, 0) is 11.8 Å². The Hall–Kier alpha value is -1.72. The van der Waals surface area contributed by atoms with E-state index in [9.17, 15) is 4.39 Å². The highest BCUT2D eigenvalue weighted by Crippen LogP contribution is 2.33. The number of nitrogens with two attached hydrogens (primary N) is 1. The molecule has 0 saturated heterocycles. The van der Waals surface area contributed by atoms with E-state index in [1.54, 1.807) is 23.5 Å². The van der Waals surface area contributed by atoms with E-state index in [4.69, 9.17) is 10.7 Å². The van der Waals surface area contributed by atoms with Crippen molar-refractivity contribution in [1.29, 1.82) is 0 Å². The number of nitrogens with zero attached hydrogens (tertiary/aromatic N) is 2. The molecule has 0 atom stereocenters. The topological polar surface area (TPSA) is 43.3 Å². The van der Waals surface area contributed by atoms with E-state index in [1.807, 2.05) is 0 Å². The number of fused-ring (bicyclic) bond motifs is 1. The van der Waals surface area contributed by atoms with Gasteiger partial charge in [0.25, 0.3) is 0 Å². The molecular formula is C17H20FN3S. The summed E-state index contributed by atoms with van der Waals surface area (Å²) >= 11 is 1.61. The Kier molecular flexibility index (Phi) is 3.78. The number of imidazole rings is 1. The van der Waals surface area contributed by atoms with Crippen molar-refractivity contribution < 1.29 is 4.39 Å². The summed E-state index contributed by atoms with van der Waals surface area (Å²) < 4.78 is 15.3. The lowest BCUT2D eigenvalue weighted by molar-refractivity contribution is 0.564. The van der Waals surface area contributed by atoms with Gasteiger partial charge < -0.3 is 5.73 Å². The molecule has 0 bridgehead atoms. The number of hydrogen-bond acceptors (Lipinski definition) is 3. The predicted molar refractivity (Wildman–Crippen MR) is 89.9 cm³/mol. The maximum absolute atomic E-state index is 13.2. The lowest BCUT2D eigenvalue weighted by Crippen LogP contribution is -2.17. The van der Waals surface area contributed by atoms with Gasteiger partial charge >= 0.3 is 0 Å². The first-order chi connectivity index (χ1) is 10.4. The van der Waals surface area contributed by atoms with E-state index in [1.165, 1.54) is 12.1 Å². The van der Waals surface area contributed by atoms with Crippen molar-refractivity contribution in [2.75, 3.05) is 6.54 Å². The van der Waals surface area contributed by atoms with E-state index in [0.29, 0.717) is 6.54 Å². The Morgan fingerprint density at radius 3 is 2.50 bits per heavy atom. The molecule has 0 fully saturated rings. The Morgan fingerprint density at radius 2 is 1.91 bits per heavy atom. The molecule has 0 aliphatic carbocycles. The SMILES string of the molecule is CC(C)(C)c1nc2scc(-c3ccc(F)cc3)n2c1CCN. The molecule has 2 aromatic heterocycles. The van der Waals surface area contributed by atoms with E-state index in [2.05, 4.69) is 30.6 Å². The maximum atomic E-state index is 13.2. The predicted octanol–water partition coefficient (Wildman–Crippen LogP) is 4.00. The van der Waals surface area contributed by atoms with Crippen molar-refractivity contribution in [2.24, 2.45) is 5.73 Å². The fraction of sp³-hybridized carbons (Fsp3) is 0.353. The van der Waals surface area contributed by atoms with Gasteiger partial charge in [0.05, 0.1) is 11.4 Å². The second kappa shape index (κ2) is 5.48. The van der Waals surface area contributed by atoms with Crippen LogP contribution in [-0.4, -0.2) is 15.9 Å². The number of rotatable bonds is 3. The van der Waals surface area contributed by atoms with E-state index in [-0.39, 0.29) is 11.2 Å². The first-order valence-electron chi connectivity index (χ1n) is 7.37. The molecule has 0 spiro atoms. The zero-order valence-electron chi connectivity index (χ0n) is 13.1. The molecule has 2 N–H and O–H groups in total. The third-order valence-corrected chi connectivity index (χ3v) is 4.52. The van der Waals surface area contributed by atoms with Gasteiger partial charge in [0.1, 0.15) is 5.82 Å². The van der Waals surface area contributed by atoms with Crippen LogP contribution in [0, 0.1) is 5.82 Å². The van der Waals surface area contributed by atoms with E-state index >= 15 is 0 Å². The van der Waals surface area contributed by atoms with Crippen molar-refractivity contribution in [3.8, 4) is 11.3 Å². The van der Waals surface area contributed by atoms with Crippen molar-refractivity contribution in [3.63, 3.8) is 0 Å². The summed E-state index contributed by atoms with van der Waals surface area (Å²) in [5.74, 6) is -0.224. The van der Waals surface area contributed by atoms with E-state index in [0.717, 1.165) is 34.0 Å². The molecule has 0 amide bonds. The number of benzene rings is 1. The molecule has 5 heteroatoms. The van der Waals surface area contributed by atoms with Gasteiger partial charge in [-0.3, -0.25) is 4.40 Å². The quantitative estimate of drug-likeness (QED) is 0.793. The average Bonchev–Trinajstić information content (AvgIpc) is 3.00. The van der Waals surface area contributed by atoms with Crippen molar-refractivity contribution >= 4 is 16.3 Å². The molecule has 2 heterocycles. The second-order valence-corrected chi connectivity index (χ2v) is 7.28. The summed E-state index contributed by atoms with van der Waals surface area (Å²) in [5, 5.41) is 2.07. The van der Waals surface area contributed by atoms with Gasteiger partial charge in [-0.2, -0.15) is 0 Å². The van der Waals surface area contributed by atoms with Gasteiger partial charge in [-0.15, -0.1) is 11.3 Å². The molecule has 0 aliphatic rings. The van der Waals surface area contributed by atoms with Crippen LogP contribution in [0.15, 0.2) is 29.6 Å². The summed E-state index contributed by atoms with van der Waals surface area (Å²) in [6.45, 7) is 7.07. The lowest BCUT2D eigenvalue weighted by atomic mass is 9.90. The highest BCUT2D eigenvalue weighted by atomic mass is 32.1. The van der Waals surface area contributed by atoms with Gasteiger partial charge in [-0.1, -0.05) is 20.8 Å². The molecule has 3 rings (SSSR count). The number of thiazole rings is 1. The molecule has 3 aromatic rings. The Balaban J connectivity index is 2.24. The standard InChI is InChI=1S/C17H20FN3S/c1-17(2,3)15-13(8-9-19)21-14(10-22-16(21)20-15)11-4-6-12(18)7-5-11/h4-7,10H,8-9,19H2,1-3H3. The summed E-state index contributed by atoms with van der Waals surface area (Å²) in [7, 11) is 0. The summed E-state index contributed by atoms with van der Waals surface area (Å²) in [4.78, 5) is 5.78. The molecule has 0 aliphatic heterocycles. The zero-order chi connectivity index (χ0) is 15.9. The van der Waals surface area contributed by atoms with Gasteiger partial charge in [0, 0.05) is 22.9 Å². The van der Waals surface area contributed by atoms with Crippen LogP contribution < -0.4 is 5.73 Å². The van der Waals surface area contributed by atoms with Gasteiger partial charge in [-0.25, -0.2) is 9.37 Å². The highest BCUT2D eigenvalue weighted by Gasteiger charge is 2.25. The monoisotopic (exact) mass is 317 g/mol. The largest absolute Gasteiger partial charge is 0.330 e.